The molecule has 0 aromatic heterocycles. The van der Waals surface area contributed by atoms with Crippen LogP contribution in [0, 0.1) is 11.7 Å². The fourth-order valence-corrected chi connectivity index (χ4v) is 1.78. The standard InChI is InChI=1S/C15H22FNO2/c1-10(9-18)11(2)17-14(19)15(3,4)12-7-5-6-8-13(12)16/h5-8,10-11,18H,9H2,1-4H3,(H,17,19). The molecule has 4 heteroatoms. The average molecular weight is 267 g/mol. The van der Waals surface area contributed by atoms with E-state index >= 15 is 0 Å². The lowest BCUT2D eigenvalue weighted by Gasteiger charge is -2.28. The number of amides is 1. The van der Waals surface area contributed by atoms with Crippen molar-refractivity contribution in [1.82, 2.24) is 5.32 Å². The minimum Gasteiger partial charge on any atom is -0.396 e. The molecule has 1 aromatic carbocycles. The number of hydrogen-bond donors (Lipinski definition) is 2. The zero-order valence-electron chi connectivity index (χ0n) is 11.9. The molecule has 1 rings (SSSR count). The molecule has 0 saturated heterocycles. The van der Waals surface area contributed by atoms with E-state index in [0.717, 1.165) is 0 Å². The van der Waals surface area contributed by atoms with Crippen molar-refractivity contribution in [3.05, 3.63) is 35.6 Å². The number of aliphatic hydroxyl groups excluding tert-OH is 1. The summed E-state index contributed by atoms with van der Waals surface area (Å²) in [7, 11) is 0. The van der Waals surface area contributed by atoms with Crippen LogP contribution in [-0.2, 0) is 10.2 Å². The van der Waals surface area contributed by atoms with E-state index in [-0.39, 0.29) is 30.3 Å². The van der Waals surface area contributed by atoms with Crippen molar-refractivity contribution in [2.24, 2.45) is 5.92 Å². The Kier molecular flexibility index (Phi) is 5.06. The van der Waals surface area contributed by atoms with Crippen molar-refractivity contribution in [2.45, 2.75) is 39.2 Å². The number of rotatable bonds is 5. The second kappa shape index (κ2) is 6.15. The molecule has 106 valence electrons. The van der Waals surface area contributed by atoms with Gasteiger partial charge in [-0.15, -0.1) is 0 Å². The minimum atomic E-state index is -0.950. The third-order valence-electron chi connectivity index (χ3n) is 3.62. The molecule has 19 heavy (non-hydrogen) atoms. The Morgan fingerprint density at radius 2 is 1.95 bits per heavy atom. The van der Waals surface area contributed by atoms with Gasteiger partial charge in [0.2, 0.25) is 5.91 Å². The number of carbonyl (C=O) groups is 1. The van der Waals surface area contributed by atoms with Gasteiger partial charge in [-0.1, -0.05) is 25.1 Å². The Morgan fingerprint density at radius 1 is 1.37 bits per heavy atom. The molecule has 0 aliphatic carbocycles. The fourth-order valence-electron chi connectivity index (χ4n) is 1.78. The maximum Gasteiger partial charge on any atom is 0.230 e. The quantitative estimate of drug-likeness (QED) is 0.859. The molecule has 0 radical (unpaired) electrons. The second-order valence-corrected chi connectivity index (χ2v) is 5.53. The highest BCUT2D eigenvalue weighted by atomic mass is 19.1. The van der Waals surface area contributed by atoms with Gasteiger partial charge in [-0.2, -0.15) is 0 Å². The molecule has 0 bridgehead atoms. The van der Waals surface area contributed by atoms with Crippen molar-refractivity contribution < 1.29 is 14.3 Å². The Bertz CT molecular complexity index is 446. The van der Waals surface area contributed by atoms with Crippen molar-refractivity contribution in [2.75, 3.05) is 6.61 Å². The Balaban J connectivity index is 2.89. The van der Waals surface area contributed by atoms with Gasteiger partial charge in [0.25, 0.3) is 0 Å². The summed E-state index contributed by atoms with van der Waals surface area (Å²) in [4.78, 5) is 12.3. The Hall–Kier alpha value is -1.42. The van der Waals surface area contributed by atoms with Crippen LogP contribution in [0.15, 0.2) is 24.3 Å². The van der Waals surface area contributed by atoms with Crippen LogP contribution in [0.2, 0.25) is 0 Å². The molecule has 2 N–H and O–H groups in total. The highest BCUT2D eigenvalue weighted by Crippen LogP contribution is 2.26. The maximum atomic E-state index is 13.8. The van der Waals surface area contributed by atoms with Crippen LogP contribution in [0.5, 0.6) is 0 Å². The lowest BCUT2D eigenvalue weighted by Crippen LogP contribution is -2.47. The molecule has 0 spiro atoms. The topological polar surface area (TPSA) is 49.3 Å². The van der Waals surface area contributed by atoms with E-state index in [1.807, 2.05) is 13.8 Å². The summed E-state index contributed by atoms with van der Waals surface area (Å²) >= 11 is 0. The third kappa shape index (κ3) is 3.53. The smallest absolute Gasteiger partial charge is 0.230 e. The fraction of sp³-hybridized carbons (Fsp3) is 0.533. The predicted molar refractivity (Wildman–Crippen MR) is 73.3 cm³/mol. The molecule has 0 heterocycles. The number of carbonyl (C=O) groups excluding carboxylic acids is 1. The normalized spacial score (nSPS) is 14.8. The van der Waals surface area contributed by atoms with Gasteiger partial charge in [-0.25, -0.2) is 4.39 Å². The van der Waals surface area contributed by atoms with E-state index in [0.29, 0.717) is 5.56 Å². The zero-order valence-corrected chi connectivity index (χ0v) is 11.9. The Morgan fingerprint density at radius 3 is 2.47 bits per heavy atom. The molecule has 0 aliphatic heterocycles. The van der Waals surface area contributed by atoms with E-state index in [1.165, 1.54) is 6.07 Å². The zero-order chi connectivity index (χ0) is 14.6. The second-order valence-electron chi connectivity index (χ2n) is 5.53. The van der Waals surface area contributed by atoms with E-state index in [9.17, 15) is 9.18 Å². The van der Waals surface area contributed by atoms with E-state index in [1.54, 1.807) is 32.0 Å². The number of halogens is 1. The van der Waals surface area contributed by atoms with Crippen LogP contribution >= 0.6 is 0 Å². The molecule has 1 amide bonds. The van der Waals surface area contributed by atoms with Crippen molar-refractivity contribution >= 4 is 5.91 Å². The van der Waals surface area contributed by atoms with Gasteiger partial charge in [-0.05, 0) is 32.8 Å². The van der Waals surface area contributed by atoms with Crippen molar-refractivity contribution in [3.63, 3.8) is 0 Å². The monoisotopic (exact) mass is 267 g/mol. The summed E-state index contributed by atoms with van der Waals surface area (Å²) in [6.07, 6.45) is 0. The van der Waals surface area contributed by atoms with Gasteiger partial charge in [0.05, 0.1) is 5.41 Å². The number of hydrogen-bond acceptors (Lipinski definition) is 2. The van der Waals surface area contributed by atoms with Crippen LogP contribution in [0.1, 0.15) is 33.3 Å². The van der Waals surface area contributed by atoms with E-state index in [2.05, 4.69) is 5.32 Å². The first-order valence-corrected chi connectivity index (χ1v) is 6.47. The van der Waals surface area contributed by atoms with Crippen LogP contribution in [-0.4, -0.2) is 23.7 Å². The number of aliphatic hydroxyl groups is 1. The van der Waals surface area contributed by atoms with Gasteiger partial charge >= 0.3 is 0 Å². The van der Waals surface area contributed by atoms with Crippen LogP contribution in [0.25, 0.3) is 0 Å². The third-order valence-corrected chi connectivity index (χ3v) is 3.62. The Labute approximate surface area is 113 Å². The molecule has 0 fully saturated rings. The van der Waals surface area contributed by atoms with E-state index in [4.69, 9.17) is 5.11 Å². The summed E-state index contributed by atoms with van der Waals surface area (Å²) < 4.78 is 13.8. The minimum absolute atomic E-state index is 0.00156. The largest absolute Gasteiger partial charge is 0.396 e. The molecule has 0 aliphatic rings. The van der Waals surface area contributed by atoms with Gasteiger partial charge in [0, 0.05) is 18.2 Å². The van der Waals surface area contributed by atoms with Gasteiger partial charge in [-0.3, -0.25) is 4.79 Å². The highest BCUT2D eigenvalue weighted by molar-refractivity contribution is 5.87. The van der Waals surface area contributed by atoms with Gasteiger partial charge < -0.3 is 10.4 Å². The van der Waals surface area contributed by atoms with Crippen molar-refractivity contribution in [1.29, 1.82) is 0 Å². The van der Waals surface area contributed by atoms with E-state index < -0.39 is 5.41 Å². The summed E-state index contributed by atoms with van der Waals surface area (Å²) in [5.74, 6) is -0.670. The van der Waals surface area contributed by atoms with Crippen LogP contribution < -0.4 is 5.32 Å². The SMILES string of the molecule is CC(CO)C(C)NC(=O)C(C)(C)c1ccccc1F. The van der Waals surface area contributed by atoms with Gasteiger partial charge in [0.15, 0.2) is 0 Å². The summed E-state index contributed by atoms with van der Waals surface area (Å²) in [6, 6.07) is 6.12. The maximum absolute atomic E-state index is 13.8. The summed E-state index contributed by atoms with van der Waals surface area (Å²) in [6.45, 7) is 7.06. The summed E-state index contributed by atoms with van der Waals surface area (Å²) in [5.41, 5.74) is -0.578. The first-order valence-electron chi connectivity index (χ1n) is 6.47. The molecule has 2 atom stereocenters. The molecule has 3 nitrogen and oxygen atoms in total. The summed E-state index contributed by atoms with van der Waals surface area (Å²) in [5, 5.41) is 11.9. The lowest BCUT2D eigenvalue weighted by molar-refractivity contribution is -0.126. The lowest BCUT2D eigenvalue weighted by atomic mass is 9.83. The van der Waals surface area contributed by atoms with Gasteiger partial charge in [0.1, 0.15) is 5.82 Å². The molecular formula is C15H22FNO2. The number of benzene rings is 1. The van der Waals surface area contributed by atoms with Crippen LogP contribution in [0.4, 0.5) is 4.39 Å². The average Bonchev–Trinajstić information content (AvgIpc) is 2.37. The van der Waals surface area contributed by atoms with Crippen LogP contribution in [0.3, 0.4) is 0 Å². The first-order chi connectivity index (χ1) is 8.80. The molecular weight excluding hydrogens is 245 g/mol. The number of nitrogens with one attached hydrogen (secondary N) is 1. The first kappa shape index (κ1) is 15.6. The highest BCUT2D eigenvalue weighted by Gasteiger charge is 2.33. The van der Waals surface area contributed by atoms with Crippen molar-refractivity contribution in [3.8, 4) is 0 Å². The molecule has 2 unspecified atom stereocenters. The predicted octanol–water partition coefficient (Wildman–Crippen LogP) is 2.24. The molecule has 1 aromatic rings. The molecule has 0 saturated carbocycles.